The van der Waals surface area contributed by atoms with Gasteiger partial charge in [0.1, 0.15) is 17.4 Å². The molecule has 2 N–H and O–H groups in total. The molecule has 0 unspecified atom stereocenters. The lowest BCUT2D eigenvalue weighted by atomic mass is 10.0. The van der Waals surface area contributed by atoms with E-state index in [-0.39, 0.29) is 11.3 Å². The number of hydrogen-bond donors (Lipinski definition) is 2. The van der Waals surface area contributed by atoms with E-state index in [1.54, 1.807) is 18.2 Å². The first-order chi connectivity index (χ1) is 12.6. The van der Waals surface area contributed by atoms with Crippen LogP contribution in [-0.2, 0) is 11.2 Å². The highest BCUT2D eigenvalue weighted by atomic mass is 16.3. The van der Waals surface area contributed by atoms with Crippen molar-refractivity contribution in [2.45, 2.75) is 13.3 Å². The van der Waals surface area contributed by atoms with Gasteiger partial charge in [-0.2, -0.15) is 5.26 Å². The Morgan fingerprint density at radius 2 is 1.85 bits per heavy atom. The number of aromatic hydroxyl groups is 1. The SMILES string of the molecule is CCc1ccccc1NC(=O)/C(C#N)=C/c1c(O)ccc2ccccc12. The molecule has 0 saturated carbocycles. The van der Waals surface area contributed by atoms with E-state index in [0.717, 1.165) is 22.8 Å². The maximum atomic E-state index is 12.6. The van der Waals surface area contributed by atoms with Gasteiger partial charge in [-0.3, -0.25) is 4.79 Å². The van der Waals surface area contributed by atoms with Gasteiger partial charge in [0.15, 0.2) is 0 Å². The second-order valence-corrected chi connectivity index (χ2v) is 5.85. The number of hydrogen-bond acceptors (Lipinski definition) is 3. The van der Waals surface area contributed by atoms with E-state index in [0.29, 0.717) is 11.3 Å². The monoisotopic (exact) mass is 342 g/mol. The second kappa shape index (κ2) is 7.54. The van der Waals surface area contributed by atoms with Gasteiger partial charge in [-0.25, -0.2) is 0 Å². The van der Waals surface area contributed by atoms with Crippen molar-refractivity contribution in [2.24, 2.45) is 0 Å². The van der Waals surface area contributed by atoms with Gasteiger partial charge in [0.05, 0.1) is 0 Å². The third-order valence-corrected chi connectivity index (χ3v) is 4.25. The Labute approximate surface area is 152 Å². The van der Waals surface area contributed by atoms with E-state index in [9.17, 15) is 15.2 Å². The van der Waals surface area contributed by atoms with Gasteiger partial charge in [-0.05, 0) is 41.0 Å². The van der Waals surface area contributed by atoms with E-state index in [2.05, 4.69) is 5.32 Å². The summed E-state index contributed by atoms with van der Waals surface area (Å²) in [6.45, 7) is 2.00. The van der Waals surface area contributed by atoms with Crippen molar-refractivity contribution in [1.82, 2.24) is 0 Å². The fourth-order valence-corrected chi connectivity index (χ4v) is 2.87. The van der Waals surface area contributed by atoms with Crippen molar-refractivity contribution in [2.75, 3.05) is 5.32 Å². The lowest BCUT2D eigenvalue weighted by molar-refractivity contribution is -0.112. The molecule has 0 spiro atoms. The molecule has 0 aromatic heterocycles. The number of carbonyl (C=O) groups is 1. The maximum Gasteiger partial charge on any atom is 0.266 e. The van der Waals surface area contributed by atoms with Crippen molar-refractivity contribution in [3.8, 4) is 11.8 Å². The maximum absolute atomic E-state index is 12.6. The lowest BCUT2D eigenvalue weighted by Crippen LogP contribution is -2.14. The van der Waals surface area contributed by atoms with Crippen LogP contribution in [0, 0.1) is 11.3 Å². The van der Waals surface area contributed by atoms with Gasteiger partial charge in [0.2, 0.25) is 0 Å². The van der Waals surface area contributed by atoms with Crippen LogP contribution in [0.15, 0.2) is 66.2 Å². The van der Waals surface area contributed by atoms with Gasteiger partial charge in [-0.15, -0.1) is 0 Å². The van der Waals surface area contributed by atoms with Gasteiger partial charge >= 0.3 is 0 Å². The summed E-state index contributed by atoms with van der Waals surface area (Å²) in [6.07, 6.45) is 2.20. The van der Waals surface area contributed by atoms with E-state index >= 15 is 0 Å². The molecule has 0 fully saturated rings. The number of nitrogens with zero attached hydrogens (tertiary/aromatic N) is 1. The van der Waals surface area contributed by atoms with Crippen LogP contribution in [0.25, 0.3) is 16.8 Å². The zero-order valence-corrected chi connectivity index (χ0v) is 14.4. The normalized spacial score (nSPS) is 11.2. The number of fused-ring (bicyclic) bond motifs is 1. The summed E-state index contributed by atoms with van der Waals surface area (Å²) in [5, 5.41) is 24.2. The van der Waals surface area contributed by atoms with Crippen molar-refractivity contribution < 1.29 is 9.90 Å². The molecule has 1 amide bonds. The smallest absolute Gasteiger partial charge is 0.266 e. The molecule has 0 atom stereocenters. The first-order valence-corrected chi connectivity index (χ1v) is 8.35. The minimum atomic E-state index is -0.499. The van der Waals surface area contributed by atoms with Crippen LogP contribution < -0.4 is 5.32 Å². The average Bonchev–Trinajstić information content (AvgIpc) is 2.67. The number of nitrogens with one attached hydrogen (secondary N) is 1. The standard InChI is InChI=1S/C22H18N2O2/c1-2-15-7-4-6-10-20(15)24-22(26)17(14-23)13-19-18-9-5-3-8-16(18)11-12-21(19)25/h3-13,25H,2H2,1H3,(H,24,26)/b17-13+. The summed E-state index contributed by atoms with van der Waals surface area (Å²) < 4.78 is 0. The van der Waals surface area contributed by atoms with Gasteiger partial charge in [0.25, 0.3) is 5.91 Å². The molecule has 0 saturated heterocycles. The summed E-state index contributed by atoms with van der Waals surface area (Å²) in [5.74, 6) is -0.473. The number of para-hydroxylation sites is 1. The van der Waals surface area contributed by atoms with E-state index in [1.165, 1.54) is 6.08 Å². The summed E-state index contributed by atoms with van der Waals surface area (Å²) in [7, 11) is 0. The molecule has 0 radical (unpaired) electrons. The van der Waals surface area contributed by atoms with Crippen LogP contribution in [0.5, 0.6) is 5.75 Å². The van der Waals surface area contributed by atoms with Gasteiger partial charge in [-0.1, -0.05) is 55.5 Å². The van der Waals surface area contributed by atoms with Crippen LogP contribution in [-0.4, -0.2) is 11.0 Å². The number of phenols is 1. The Bertz CT molecular complexity index is 1050. The molecule has 0 aliphatic carbocycles. The largest absolute Gasteiger partial charge is 0.507 e. The molecule has 0 aliphatic rings. The van der Waals surface area contributed by atoms with Crippen LogP contribution in [0.2, 0.25) is 0 Å². The average molecular weight is 342 g/mol. The lowest BCUT2D eigenvalue weighted by Gasteiger charge is -2.10. The predicted molar refractivity (Wildman–Crippen MR) is 104 cm³/mol. The van der Waals surface area contributed by atoms with E-state index in [1.807, 2.05) is 55.5 Å². The molecule has 3 aromatic rings. The molecule has 4 nitrogen and oxygen atoms in total. The molecular formula is C22H18N2O2. The number of benzene rings is 3. The third-order valence-electron chi connectivity index (χ3n) is 4.25. The summed E-state index contributed by atoms with van der Waals surface area (Å²) in [5.41, 5.74) is 2.07. The molecule has 4 heteroatoms. The fourth-order valence-electron chi connectivity index (χ4n) is 2.87. The van der Waals surface area contributed by atoms with Crippen LogP contribution in [0.1, 0.15) is 18.1 Å². The highest BCUT2D eigenvalue weighted by molar-refractivity contribution is 6.11. The number of anilines is 1. The van der Waals surface area contributed by atoms with Gasteiger partial charge < -0.3 is 10.4 Å². The molecule has 3 rings (SSSR count). The first kappa shape index (κ1) is 17.2. The Kier molecular flexibility index (Phi) is 5.00. The zero-order chi connectivity index (χ0) is 18.5. The number of phenolic OH excluding ortho intramolecular Hbond substituents is 1. The molecular weight excluding hydrogens is 324 g/mol. The number of nitriles is 1. The highest BCUT2D eigenvalue weighted by Crippen LogP contribution is 2.29. The zero-order valence-electron chi connectivity index (χ0n) is 14.4. The van der Waals surface area contributed by atoms with Crippen molar-refractivity contribution in [1.29, 1.82) is 5.26 Å². The summed E-state index contributed by atoms with van der Waals surface area (Å²) in [6, 6.07) is 20.3. The molecule has 0 aliphatic heterocycles. The minimum Gasteiger partial charge on any atom is -0.507 e. The predicted octanol–water partition coefficient (Wildman–Crippen LogP) is 4.65. The Morgan fingerprint density at radius 3 is 2.62 bits per heavy atom. The highest BCUT2D eigenvalue weighted by Gasteiger charge is 2.13. The topological polar surface area (TPSA) is 73.1 Å². The summed E-state index contributed by atoms with van der Waals surface area (Å²) >= 11 is 0. The van der Waals surface area contributed by atoms with Crippen molar-refractivity contribution in [3.05, 3.63) is 77.4 Å². The van der Waals surface area contributed by atoms with E-state index in [4.69, 9.17) is 0 Å². The first-order valence-electron chi connectivity index (χ1n) is 8.35. The number of aryl methyl sites for hydroxylation is 1. The van der Waals surface area contributed by atoms with Crippen LogP contribution >= 0.6 is 0 Å². The van der Waals surface area contributed by atoms with Crippen molar-refractivity contribution in [3.63, 3.8) is 0 Å². The second-order valence-electron chi connectivity index (χ2n) is 5.85. The fraction of sp³-hybridized carbons (Fsp3) is 0.0909. The minimum absolute atomic E-state index is 0.0261. The Hall–Kier alpha value is -3.58. The molecule has 128 valence electrons. The number of rotatable bonds is 4. The Morgan fingerprint density at radius 1 is 1.12 bits per heavy atom. The Balaban J connectivity index is 2.00. The van der Waals surface area contributed by atoms with E-state index < -0.39 is 5.91 Å². The molecule has 0 bridgehead atoms. The van der Waals surface area contributed by atoms with Crippen LogP contribution in [0.3, 0.4) is 0 Å². The third kappa shape index (κ3) is 3.42. The number of amides is 1. The number of carbonyl (C=O) groups excluding carboxylic acids is 1. The molecule has 0 heterocycles. The quantitative estimate of drug-likeness (QED) is 0.535. The molecule has 26 heavy (non-hydrogen) atoms. The molecule has 3 aromatic carbocycles. The van der Waals surface area contributed by atoms with Gasteiger partial charge in [0, 0.05) is 11.3 Å². The summed E-state index contributed by atoms with van der Waals surface area (Å²) in [4.78, 5) is 12.6. The van der Waals surface area contributed by atoms with Crippen molar-refractivity contribution >= 4 is 28.4 Å². The van der Waals surface area contributed by atoms with Crippen LogP contribution in [0.4, 0.5) is 5.69 Å².